The van der Waals surface area contributed by atoms with E-state index in [1.54, 1.807) is 24.4 Å². The van der Waals surface area contributed by atoms with Crippen molar-refractivity contribution in [2.45, 2.75) is 6.92 Å². The van der Waals surface area contributed by atoms with Gasteiger partial charge in [-0.25, -0.2) is 4.98 Å². The number of anilines is 1. The lowest BCUT2D eigenvalue weighted by atomic mass is 10.1. The maximum absolute atomic E-state index is 11.8. The van der Waals surface area contributed by atoms with Gasteiger partial charge in [-0.05, 0) is 31.2 Å². The van der Waals surface area contributed by atoms with Crippen molar-refractivity contribution in [1.29, 1.82) is 0 Å². The summed E-state index contributed by atoms with van der Waals surface area (Å²) in [6.07, 6.45) is 1.64. The highest BCUT2D eigenvalue weighted by Gasteiger charge is 2.05. The van der Waals surface area contributed by atoms with Gasteiger partial charge >= 0.3 is 0 Å². The van der Waals surface area contributed by atoms with Crippen LogP contribution in [0.3, 0.4) is 0 Å². The van der Waals surface area contributed by atoms with Crippen LogP contribution >= 0.6 is 0 Å². The lowest BCUT2D eigenvalue weighted by molar-refractivity contribution is 0.102. The molecule has 0 aliphatic heterocycles. The number of rotatable bonds is 2. The van der Waals surface area contributed by atoms with Crippen LogP contribution in [-0.4, -0.2) is 10.9 Å². The molecule has 0 aliphatic rings. The topological polar surface area (TPSA) is 42.0 Å². The number of benzene rings is 1. The summed E-state index contributed by atoms with van der Waals surface area (Å²) in [5, 5.41) is 2.73. The van der Waals surface area contributed by atoms with Crippen molar-refractivity contribution in [2.24, 2.45) is 0 Å². The average molecular weight is 214 g/mol. The number of carbonyl (C=O) groups excluding carboxylic acids is 1. The standard InChI is InChI=1S/C13H12N2O.H2/c1-10-5-7-11(8-6-10)13(16)15-12-4-2-3-9-14-12;/h2-9H,1H3,(H,14,15,16);1H. The van der Waals surface area contributed by atoms with E-state index in [1.165, 1.54) is 0 Å². The Bertz CT molecular complexity index is 483. The molecular formula is C13H14N2O. The molecule has 1 aromatic heterocycles. The summed E-state index contributed by atoms with van der Waals surface area (Å²) in [6.45, 7) is 1.99. The highest BCUT2D eigenvalue weighted by molar-refractivity contribution is 6.03. The van der Waals surface area contributed by atoms with Crippen LogP contribution in [-0.2, 0) is 0 Å². The van der Waals surface area contributed by atoms with Crippen LogP contribution in [0.15, 0.2) is 48.7 Å². The fourth-order valence-electron chi connectivity index (χ4n) is 1.33. The first-order chi connectivity index (χ1) is 7.75. The molecule has 0 atom stereocenters. The van der Waals surface area contributed by atoms with Gasteiger partial charge in [0, 0.05) is 13.2 Å². The lowest BCUT2D eigenvalue weighted by Gasteiger charge is -2.03. The molecule has 3 heteroatoms. The van der Waals surface area contributed by atoms with Crippen LogP contribution in [0.2, 0.25) is 0 Å². The second kappa shape index (κ2) is 4.57. The van der Waals surface area contributed by atoms with Gasteiger partial charge in [-0.1, -0.05) is 23.8 Å². The van der Waals surface area contributed by atoms with Gasteiger partial charge in [0.05, 0.1) is 0 Å². The minimum absolute atomic E-state index is 0. The normalized spacial score (nSPS) is 9.81. The van der Waals surface area contributed by atoms with Gasteiger partial charge in [0.25, 0.3) is 5.91 Å². The van der Waals surface area contributed by atoms with Crippen molar-refractivity contribution >= 4 is 11.7 Å². The number of aryl methyl sites for hydroxylation is 1. The SMILES string of the molecule is Cc1ccc(C(=O)Nc2ccccn2)cc1.[HH]. The van der Waals surface area contributed by atoms with Crippen LogP contribution in [0.25, 0.3) is 0 Å². The van der Waals surface area contributed by atoms with Gasteiger partial charge in [0.1, 0.15) is 5.82 Å². The second-order valence-electron chi connectivity index (χ2n) is 3.54. The predicted octanol–water partition coefficient (Wildman–Crippen LogP) is 2.89. The smallest absolute Gasteiger partial charge is 0.256 e. The van der Waals surface area contributed by atoms with E-state index in [1.807, 2.05) is 31.2 Å². The van der Waals surface area contributed by atoms with Crippen molar-refractivity contribution in [1.82, 2.24) is 4.98 Å². The number of hydrogen-bond donors (Lipinski definition) is 1. The Labute approximate surface area is 95.6 Å². The highest BCUT2D eigenvalue weighted by Crippen LogP contribution is 2.07. The van der Waals surface area contributed by atoms with Crippen molar-refractivity contribution in [3.8, 4) is 0 Å². The minimum Gasteiger partial charge on any atom is -0.307 e. The number of pyridine rings is 1. The summed E-state index contributed by atoms with van der Waals surface area (Å²) in [5.74, 6) is 0.423. The molecule has 2 aromatic rings. The third-order valence-corrected chi connectivity index (χ3v) is 2.22. The van der Waals surface area contributed by atoms with Crippen LogP contribution in [0.4, 0.5) is 5.82 Å². The molecule has 0 radical (unpaired) electrons. The van der Waals surface area contributed by atoms with Crippen LogP contribution in [0.1, 0.15) is 17.3 Å². The van der Waals surface area contributed by atoms with E-state index in [-0.39, 0.29) is 7.33 Å². The van der Waals surface area contributed by atoms with Crippen LogP contribution in [0, 0.1) is 6.92 Å². The van der Waals surface area contributed by atoms with Gasteiger partial charge in [-0.3, -0.25) is 4.79 Å². The van der Waals surface area contributed by atoms with Gasteiger partial charge in [-0.15, -0.1) is 0 Å². The zero-order chi connectivity index (χ0) is 11.4. The zero-order valence-corrected chi connectivity index (χ0v) is 8.97. The van der Waals surface area contributed by atoms with Gasteiger partial charge in [0.2, 0.25) is 0 Å². The fourth-order valence-corrected chi connectivity index (χ4v) is 1.33. The fraction of sp³-hybridized carbons (Fsp3) is 0.0769. The number of hydrogen-bond acceptors (Lipinski definition) is 2. The maximum Gasteiger partial charge on any atom is 0.256 e. The van der Waals surface area contributed by atoms with Crippen molar-refractivity contribution in [2.75, 3.05) is 5.32 Å². The summed E-state index contributed by atoms with van der Waals surface area (Å²) >= 11 is 0. The second-order valence-corrected chi connectivity index (χ2v) is 3.54. The summed E-state index contributed by atoms with van der Waals surface area (Å²) in [4.78, 5) is 15.8. The Morgan fingerprint density at radius 2 is 1.94 bits per heavy atom. The number of nitrogens with one attached hydrogen (secondary N) is 1. The van der Waals surface area contributed by atoms with E-state index in [0.717, 1.165) is 5.56 Å². The number of aromatic nitrogens is 1. The van der Waals surface area contributed by atoms with E-state index in [2.05, 4.69) is 10.3 Å². The molecule has 0 spiro atoms. The van der Waals surface area contributed by atoms with Crippen LogP contribution in [0.5, 0.6) is 0 Å². The molecule has 2 rings (SSSR count). The Hall–Kier alpha value is -2.16. The molecule has 1 aromatic carbocycles. The van der Waals surface area contributed by atoms with E-state index in [4.69, 9.17) is 0 Å². The number of nitrogens with zero attached hydrogens (tertiary/aromatic N) is 1. The molecule has 0 fully saturated rings. The predicted molar refractivity (Wildman–Crippen MR) is 65.5 cm³/mol. The molecule has 1 amide bonds. The van der Waals surface area contributed by atoms with Gasteiger partial charge in [-0.2, -0.15) is 0 Å². The minimum atomic E-state index is -0.140. The molecule has 0 bridgehead atoms. The van der Waals surface area contributed by atoms with Crippen LogP contribution < -0.4 is 5.32 Å². The van der Waals surface area contributed by atoms with Gasteiger partial charge < -0.3 is 5.32 Å². The first-order valence-corrected chi connectivity index (χ1v) is 5.05. The van der Waals surface area contributed by atoms with E-state index in [0.29, 0.717) is 11.4 Å². The molecule has 0 saturated heterocycles. The Kier molecular flexibility index (Phi) is 2.96. The lowest BCUT2D eigenvalue weighted by Crippen LogP contribution is -2.12. The quantitative estimate of drug-likeness (QED) is 0.835. The average Bonchev–Trinajstić information content (AvgIpc) is 2.31. The summed E-state index contributed by atoms with van der Waals surface area (Å²) in [5.41, 5.74) is 1.77. The first-order valence-electron chi connectivity index (χ1n) is 5.05. The molecule has 1 heterocycles. The third-order valence-electron chi connectivity index (χ3n) is 2.22. The van der Waals surface area contributed by atoms with Gasteiger partial charge in [0.15, 0.2) is 0 Å². The Morgan fingerprint density at radius 3 is 2.56 bits per heavy atom. The van der Waals surface area contributed by atoms with Crippen molar-refractivity contribution < 1.29 is 6.22 Å². The maximum atomic E-state index is 11.8. The third kappa shape index (κ3) is 2.45. The van der Waals surface area contributed by atoms with E-state index < -0.39 is 0 Å². The largest absolute Gasteiger partial charge is 0.307 e. The highest BCUT2D eigenvalue weighted by atomic mass is 16.1. The molecular weight excluding hydrogens is 200 g/mol. The Morgan fingerprint density at radius 1 is 1.19 bits per heavy atom. The molecule has 0 unspecified atom stereocenters. The molecule has 82 valence electrons. The Balaban J connectivity index is 0.00000144. The summed E-state index contributed by atoms with van der Waals surface area (Å²) in [6, 6.07) is 12.8. The number of amides is 1. The first kappa shape index (κ1) is 10.4. The van der Waals surface area contributed by atoms with E-state index in [9.17, 15) is 4.79 Å². The molecule has 3 nitrogen and oxygen atoms in total. The van der Waals surface area contributed by atoms with Crippen molar-refractivity contribution in [3.63, 3.8) is 0 Å². The molecule has 16 heavy (non-hydrogen) atoms. The number of carbonyl (C=O) groups is 1. The molecule has 0 saturated carbocycles. The monoisotopic (exact) mass is 214 g/mol. The summed E-state index contributed by atoms with van der Waals surface area (Å²) in [7, 11) is 0. The zero-order valence-electron chi connectivity index (χ0n) is 8.97. The summed E-state index contributed by atoms with van der Waals surface area (Å²) < 4.78 is 0. The molecule has 1 N–H and O–H groups in total. The van der Waals surface area contributed by atoms with E-state index >= 15 is 0 Å². The molecule has 0 aliphatic carbocycles. The van der Waals surface area contributed by atoms with Crippen molar-refractivity contribution in [3.05, 3.63) is 59.8 Å².